The van der Waals surface area contributed by atoms with E-state index in [2.05, 4.69) is 24.1 Å². The Morgan fingerprint density at radius 3 is 2.80 bits per heavy atom. The number of amides is 2. The summed E-state index contributed by atoms with van der Waals surface area (Å²) in [6, 6.07) is 0. The van der Waals surface area contributed by atoms with Gasteiger partial charge in [0.25, 0.3) is 5.91 Å². The molecule has 1 aliphatic rings. The van der Waals surface area contributed by atoms with Gasteiger partial charge in [-0.25, -0.2) is 0 Å². The number of nitrogens with zero attached hydrogens (tertiary/aromatic N) is 2. The lowest BCUT2D eigenvalue weighted by molar-refractivity contribution is -0.129. The summed E-state index contributed by atoms with van der Waals surface area (Å²) in [7, 11) is 0. The molecule has 2 rings (SSSR count). The fraction of sp³-hybridized carbons (Fsp3) is 0.533. The standard InChI is InChI=1S/C15H21N3O2/c1-10(2)6-17-15(20)14-8-16-7-12-9-18(11(3)19)5-4-13(12)14/h7-8,10H,4-6,9H2,1-3H3,(H,17,20). The average molecular weight is 275 g/mol. The van der Waals surface area contributed by atoms with Crippen LogP contribution in [0.3, 0.4) is 0 Å². The first kappa shape index (κ1) is 14.5. The van der Waals surface area contributed by atoms with Crippen molar-refractivity contribution in [3.05, 3.63) is 29.1 Å². The highest BCUT2D eigenvalue weighted by Crippen LogP contribution is 2.21. The summed E-state index contributed by atoms with van der Waals surface area (Å²) in [6.45, 7) is 7.55. The number of hydrogen-bond acceptors (Lipinski definition) is 3. The summed E-state index contributed by atoms with van der Waals surface area (Å²) in [6.07, 6.45) is 4.09. The highest BCUT2D eigenvalue weighted by Gasteiger charge is 2.23. The van der Waals surface area contributed by atoms with Gasteiger partial charge in [-0.15, -0.1) is 0 Å². The number of carbonyl (C=O) groups excluding carboxylic acids is 2. The fourth-order valence-electron chi connectivity index (χ4n) is 2.35. The predicted molar refractivity (Wildman–Crippen MR) is 76.2 cm³/mol. The minimum atomic E-state index is -0.0701. The number of fused-ring (bicyclic) bond motifs is 1. The van der Waals surface area contributed by atoms with Gasteiger partial charge in [-0.1, -0.05) is 13.8 Å². The predicted octanol–water partition coefficient (Wildman–Crippen LogP) is 1.37. The molecule has 0 spiro atoms. The van der Waals surface area contributed by atoms with Crippen molar-refractivity contribution in [2.24, 2.45) is 5.92 Å². The van der Waals surface area contributed by atoms with Crippen molar-refractivity contribution in [1.29, 1.82) is 0 Å². The maximum absolute atomic E-state index is 12.2. The Morgan fingerprint density at radius 1 is 1.40 bits per heavy atom. The van der Waals surface area contributed by atoms with Crippen molar-refractivity contribution in [3.63, 3.8) is 0 Å². The summed E-state index contributed by atoms with van der Waals surface area (Å²) >= 11 is 0. The van der Waals surface area contributed by atoms with E-state index < -0.39 is 0 Å². The van der Waals surface area contributed by atoms with Crippen LogP contribution in [-0.4, -0.2) is 34.8 Å². The number of aromatic nitrogens is 1. The number of nitrogens with one attached hydrogen (secondary N) is 1. The minimum absolute atomic E-state index is 0.0605. The minimum Gasteiger partial charge on any atom is -0.352 e. The monoisotopic (exact) mass is 275 g/mol. The van der Waals surface area contributed by atoms with Crippen molar-refractivity contribution >= 4 is 11.8 Å². The van der Waals surface area contributed by atoms with Crippen molar-refractivity contribution in [3.8, 4) is 0 Å². The first-order chi connectivity index (χ1) is 9.49. The molecule has 1 aromatic rings. The number of hydrogen-bond donors (Lipinski definition) is 1. The Bertz CT molecular complexity index is 526. The smallest absolute Gasteiger partial charge is 0.253 e. The van der Waals surface area contributed by atoms with Gasteiger partial charge in [-0.2, -0.15) is 0 Å². The lowest BCUT2D eigenvalue weighted by atomic mass is 9.96. The van der Waals surface area contributed by atoms with E-state index in [1.54, 1.807) is 24.2 Å². The molecule has 0 bridgehead atoms. The summed E-state index contributed by atoms with van der Waals surface area (Å²) < 4.78 is 0. The Balaban J connectivity index is 2.19. The maximum atomic E-state index is 12.2. The molecule has 20 heavy (non-hydrogen) atoms. The van der Waals surface area contributed by atoms with Gasteiger partial charge in [0.1, 0.15) is 0 Å². The van der Waals surface area contributed by atoms with Crippen LogP contribution in [-0.2, 0) is 17.8 Å². The molecule has 0 saturated heterocycles. The van der Waals surface area contributed by atoms with Gasteiger partial charge in [0.05, 0.1) is 5.56 Å². The maximum Gasteiger partial charge on any atom is 0.253 e. The summed E-state index contributed by atoms with van der Waals surface area (Å²) in [4.78, 5) is 29.6. The molecule has 0 atom stereocenters. The zero-order valence-corrected chi connectivity index (χ0v) is 12.3. The van der Waals surface area contributed by atoms with Crippen LogP contribution in [0.1, 0.15) is 42.3 Å². The molecule has 1 aromatic heterocycles. The van der Waals surface area contributed by atoms with E-state index in [9.17, 15) is 9.59 Å². The zero-order chi connectivity index (χ0) is 14.7. The summed E-state index contributed by atoms with van der Waals surface area (Å²) in [5.41, 5.74) is 2.65. The largest absolute Gasteiger partial charge is 0.352 e. The fourth-order valence-corrected chi connectivity index (χ4v) is 2.35. The molecule has 5 heteroatoms. The van der Waals surface area contributed by atoms with Crippen LogP contribution in [0.5, 0.6) is 0 Å². The van der Waals surface area contributed by atoms with Gasteiger partial charge in [-0.3, -0.25) is 14.6 Å². The molecular weight excluding hydrogens is 254 g/mol. The van der Waals surface area contributed by atoms with Crippen LogP contribution in [0.4, 0.5) is 0 Å². The van der Waals surface area contributed by atoms with E-state index >= 15 is 0 Å². The molecule has 0 radical (unpaired) electrons. The van der Waals surface area contributed by atoms with Crippen molar-refractivity contribution < 1.29 is 9.59 Å². The van der Waals surface area contributed by atoms with Gasteiger partial charge in [0.2, 0.25) is 5.91 Å². The Labute approximate surface area is 119 Å². The molecule has 1 N–H and O–H groups in total. The van der Waals surface area contributed by atoms with Crippen molar-refractivity contribution in [1.82, 2.24) is 15.2 Å². The van der Waals surface area contributed by atoms with E-state index in [4.69, 9.17) is 0 Å². The zero-order valence-electron chi connectivity index (χ0n) is 12.3. The topological polar surface area (TPSA) is 62.3 Å². The van der Waals surface area contributed by atoms with Gasteiger partial charge in [-0.05, 0) is 23.5 Å². The Hall–Kier alpha value is -1.91. The van der Waals surface area contributed by atoms with Gasteiger partial charge in [0.15, 0.2) is 0 Å². The van der Waals surface area contributed by atoms with Gasteiger partial charge >= 0.3 is 0 Å². The SMILES string of the molecule is CC(=O)N1CCc2c(cncc2C(=O)NCC(C)C)C1. The molecule has 2 amide bonds. The van der Waals surface area contributed by atoms with E-state index in [0.29, 0.717) is 37.5 Å². The van der Waals surface area contributed by atoms with Crippen LogP contribution in [0.2, 0.25) is 0 Å². The van der Waals surface area contributed by atoms with E-state index in [-0.39, 0.29) is 11.8 Å². The number of pyridine rings is 1. The number of carbonyl (C=O) groups is 2. The third-order valence-electron chi connectivity index (χ3n) is 3.50. The molecule has 0 saturated carbocycles. The van der Waals surface area contributed by atoms with Crippen molar-refractivity contribution in [2.75, 3.05) is 13.1 Å². The highest BCUT2D eigenvalue weighted by atomic mass is 16.2. The highest BCUT2D eigenvalue weighted by molar-refractivity contribution is 5.95. The third-order valence-corrected chi connectivity index (χ3v) is 3.50. The van der Waals surface area contributed by atoms with Crippen LogP contribution < -0.4 is 5.32 Å². The van der Waals surface area contributed by atoms with Crippen molar-refractivity contribution in [2.45, 2.75) is 33.7 Å². The lowest BCUT2D eigenvalue weighted by Gasteiger charge is -2.28. The summed E-state index contributed by atoms with van der Waals surface area (Å²) in [5, 5.41) is 2.92. The summed E-state index contributed by atoms with van der Waals surface area (Å²) in [5.74, 6) is 0.407. The van der Waals surface area contributed by atoms with Crippen LogP contribution >= 0.6 is 0 Å². The van der Waals surface area contributed by atoms with Gasteiger partial charge in [0, 0.05) is 39.0 Å². The average Bonchev–Trinajstić information content (AvgIpc) is 2.43. The molecule has 0 aliphatic carbocycles. The van der Waals surface area contributed by atoms with E-state index in [1.165, 1.54) is 0 Å². The second kappa shape index (κ2) is 6.03. The van der Waals surface area contributed by atoms with E-state index in [1.807, 2.05) is 0 Å². The molecule has 0 aromatic carbocycles. The molecular formula is C15H21N3O2. The molecule has 0 unspecified atom stereocenters. The van der Waals surface area contributed by atoms with E-state index in [0.717, 1.165) is 11.1 Å². The lowest BCUT2D eigenvalue weighted by Crippen LogP contribution is -2.36. The van der Waals surface area contributed by atoms with Crippen LogP contribution in [0.25, 0.3) is 0 Å². The number of rotatable bonds is 3. The normalized spacial score (nSPS) is 14.1. The molecule has 2 heterocycles. The van der Waals surface area contributed by atoms with Crippen LogP contribution in [0.15, 0.2) is 12.4 Å². The first-order valence-corrected chi connectivity index (χ1v) is 6.98. The second-order valence-corrected chi connectivity index (χ2v) is 5.62. The third kappa shape index (κ3) is 3.15. The Kier molecular flexibility index (Phi) is 4.37. The quantitative estimate of drug-likeness (QED) is 0.906. The molecule has 0 fully saturated rings. The van der Waals surface area contributed by atoms with Crippen LogP contribution in [0, 0.1) is 5.92 Å². The first-order valence-electron chi connectivity index (χ1n) is 6.98. The molecule has 5 nitrogen and oxygen atoms in total. The molecule has 1 aliphatic heterocycles. The Morgan fingerprint density at radius 2 is 2.15 bits per heavy atom. The molecule has 108 valence electrons. The van der Waals surface area contributed by atoms with Gasteiger partial charge < -0.3 is 10.2 Å². The second-order valence-electron chi connectivity index (χ2n) is 5.62.